The van der Waals surface area contributed by atoms with Crippen LogP contribution in [0.5, 0.6) is 0 Å². The highest BCUT2D eigenvalue weighted by Crippen LogP contribution is 2.15. The van der Waals surface area contributed by atoms with E-state index in [0.29, 0.717) is 6.04 Å². The lowest BCUT2D eigenvalue weighted by Gasteiger charge is -2.29. The molecular weight excluding hydrogens is 184 g/mol. The maximum atomic E-state index is 5.90. The number of nitrogens with zero attached hydrogens (tertiary/aromatic N) is 1. The molecule has 15 heavy (non-hydrogen) atoms. The minimum atomic E-state index is 0.662. The van der Waals surface area contributed by atoms with Crippen molar-refractivity contribution in [2.75, 3.05) is 19.6 Å². The van der Waals surface area contributed by atoms with Crippen molar-refractivity contribution >= 4 is 0 Å². The van der Waals surface area contributed by atoms with Gasteiger partial charge in [0.05, 0.1) is 0 Å². The molecule has 0 bridgehead atoms. The van der Waals surface area contributed by atoms with Crippen molar-refractivity contribution in [2.24, 2.45) is 5.73 Å². The SMILES string of the molecule is CCCCCC(CN)N1CCCCCC1. The van der Waals surface area contributed by atoms with Gasteiger partial charge in [-0.1, -0.05) is 39.0 Å². The van der Waals surface area contributed by atoms with Crippen LogP contribution in [0.4, 0.5) is 0 Å². The van der Waals surface area contributed by atoms with E-state index in [1.807, 2.05) is 0 Å². The van der Waals surface area contributed by atoms with Gasteiger partial charge in [-0.2, -0.15) is 0 Å². The molecule has 2 nitrogen and oxygen atoms in total. The molecule has 1 heterocycles. The van der Waals surface area contributed by atoms with E-state index in [2.05, 4.69) is 11.8 Å². The Labute approximate surface area is 95.2 Å². The van der Waals surface area contributed by atoms with Crippen LogP contribution in [0, 0.1) is 0 Å². The Morgan fingerprint density at radius 3 is 2.27 bits per heavy atom. The average molecular weight is 212 g/mol. The Morgan fingerprint density at radius 1 is 1.07 bits per heavy atom. The molecule has 0 aliphatic carbocycles. The summed E-state index contributed by atoms with van der Waals surface area (Å²) in [5.74, 6) is 0. The minimum absolute atomic E-state index is 0.662. The van der Waals surface area contributed by atoms with Crippen molar-refractivity contribution in [3.8, 4) is 0 Å². The molecule has 1 rings (SSSR count). The molecule has 90 valence electrons. The predicted molar refractivity (Wildman–Crippen MR) is 67.0 cm³/mol. The van der Waals surface area contributed by atoms with Gasteiger partial charge in [-0.15, -0.1) is 0 Å². The molecule has 1 saturated heterocycles. The Hall–Kier alpha value is -0.0800. The lowest BCUT2D eigenvalue weighted by atomic mass is 10.1. The molecule has 0 aromatic carbocycles. The normalized spacial score (nSPS) is 21.2. The molecule has 0 spiro atoms. The Kier molecular flexibility index (Phi) is 7.03. The summed E-state index contributed by atoms with van der Waals surface area (Å²) in [5, 5.41) is 0. The molecule has 0 radical (unpaired) electrons. The second kappa shape index (κ2) is 8.12. The molecule has 1 atom stereocenters. The summed E-state index contributed by atoms with van der Waals surface area (Å²) in [7, 11) is 0. The van der Waals surface area contributed by atoms with Crippen LogP contribution in [0.3, 0.4) is 0 Å². The molecular formula is C13H28N2. The molecule has 2 N–H and O–H groups in total. The van der Waals surface area contributed by atoms with Gasteiger partial charge in [0.25, 0.3) is 0 Å². The van der Waals surface area contributed by atoms with E-state index in [-0.39, 0.29) is 0 Å². The standard InChI is InChI=1S/C13H28N2/c1-2-3-6-9-13(12-14)15-10-7-4-5-8-11-15/h13H,2-12,14H2,1H3. The second-order valence-corrected chi connectivity index (χ2v) is 4.84. The molecule has 1 fully saturated rings. The Morgan fingerprint density at radius 2 is 1.73 bits per heavy atom. The topological polar surface area (TPSA) is 29.3 Å². The zero-order chi connectivity index (χ0) is 10.9. The van der Waals surface area contributed by atoms with Crippen molar-refractivity contribution in [2.45, 2.75) is 64.3 Å². The summed E-state index contributed by atoms with van der Waals surface area (Å²) < 4.78 is 0. The van der Waals surface area contributed by atoms with Gasteiger partial charge >= 0.3 is 0 Å². The number of likely N-dealkylation sites (tertiary alicyclic amines) is 1. The quantitative estimate of drug-likeness (QED) is 0.686. The van der Waals surface area contributed by atoms with Crippen LogP contribution >= 0.6 is 0 Å². The van der Waals surface area contributed by atoms with E-state index >= 15 is 0 Å². The van der Waals surface area contributed by atoms with Crippen LogP contribution < -0.4 is 5.73 Å². The fourth-order valence-electron chi connectivity index (χ4n) is 2.54. The third-order valence-electron chi connectivity index (χ3n) is 3.57. The van der Waals surface area contributed by atoms with Crippen molar-refractivity contribution < 1.29 is 0 Å². The van der Waals surface area contributed by atoms with Crippen molar-refractivity contribution in [3.05, 3.63) is 0 Å². The number of nitrogens with two attached hydrogens (primary N) is 1. The fourth-order valence-corrected chi connectivity index (χ4v) is 2.54. The molecule has 0 aromatic rings. The molecule has 1 aliphatic rings. The summed E-state index contributed by atoms with van der Waals surface area (Å²) in [6.45, 7) is 5.69. The van der Waals surface area contributed by atoms with Gasteiger partial charge in [-0.3, -0.25) is 4.90 Å². The number of unbranched alkanes of at least 4 members (excludes halogenated alkanes) is 2. The van der Waals surface area contributed by atoms with Crippen molar-refractivity contribution in [1.29, 1.82) is 0 Å². The minimum Gasteiger partial charge on any atom is -0.329 e. The third-order valence-corrected chi connectivity index (χ3v) is 3.57. The Bertz CT molecular complexity index is 139. The lowest BCUT2D eigenvalue weighted by Crippen LogP contribution is -2.41. The van der Waals surface area contributed by atoms with E-state index in [1.54, 1.807) is 0 Å². The van der Waals surface area contributed by atoms with Crippen LogP contribution in [0.1, 0.15) is 58.3 Å². The van der Waals surface area contributed by atoms with E-state index in [4.69, 9.17) is 5.73 Å². The van der Waals surface area contributed by atoms with E-state index in [0.717, 1.165) is 6.54 Å². The first-order valence-electron chi connectivity index (χ1n) is 6.82. The monoisotopic (exact) mass is 212 g/mol. The van der Waals surface area contributed by atoms with Gasteiger partial charge in [0.2, 0.25) is 0 Å². The smallest absolute Gasteiger partial charge is 0.0218 e. The number of rotatable bonds is 6. The summed E-state index contributed by atoms with van der Waals surface area (Å²) in [6.07, 6.45) is 10.9. The van der Waals surface area contributed by atoms with E-state index < -0.39 is 0 Å². The predicted octanol–water partition coefficient (Wildman–Crippen LogP) is 2.77. The lowest BCUT2D eigenvalue weighted by molar-refractivity contribution is 0.194. The number of hydrogen-bond donors (Lipinski definition) is 1. The average Bonchev–Trinajstić information content (AvgIpc) is 2.53. The molecule has 0 aromatic heterocycles. The van der Waals surface area contributed by atoms with Gasteiger partial charge in [-0.05, 0) is 32.4 Å². The van der Waals surface area contributed by atoms with E-state index in [1.165, 1.54) is 64.5 Å². The summed E-state index contributed by atoms with van der Waals surface area (Å²) >= 11 is 0. The molecule has 1 aliphatic heterocycles. The highest BCUT2D eigenvalue weighted by molar-refractivity contribution is 4.74. The first-order valence-corrected chi connectivity index (χ1v) is 6.82. The molecule has 2 heteroatoms. The fraction of sp³-hybridized carbons (Fsp3) is 1.00. The largest absolute Gasteiger partial charge is 0.329 e. The third kappa shape index (κ3) is 4.98. The van der Waals surface area contributed by atoms with Crippen molar-refractivity contribution in [1.82, 2.24) is 4.90 Å². The van der Waals surface area contributed by atoms with Gasteiger partial charge in [0, 0.05) is 12.6 Å². The molecule has 0 amide bonds. The van der Waals surface area contributed by atoms with E-state index in [9.17, 15) is 0 Å². The highest BCUT2D eigenvalue weighted by atomic mass is 15.2. The van der Waals surface area contributed by atoms with Gasteiger partial charge < -0.3 is 5.73 Å². The van der Waals surface area contributed by atoms with Crippen molar-refractivity contribution in [3.63, 3.8) is 0 Å². The maximum absolute atomic E-state index is 5.90. The second-order valence-electron chi connectivity index (χ2n) is 4.84. The summed E-state index contributed by atoms with van der Waals surface area (Å²) in [6, 6.07) is 0.662. The van der Waals surface area contributed by atoms with Crippen LogP contribution in [0.2, 0.25) is 0 Å². The van der Waals surface area contributed by atoms with Crippen LogP contribution in [0.15, 0.2) is 0 Å². The van der Waals surface area contributed by atoms with Gasteiger partial charge in [-0.25, -0.2) is 0 Å². The van der Waals surface area contributed by atoms with Crippen LogP contribution in [0.25, 0.3) is 0 Å². The van der Waals surface area contributed by atoms with Gasteiger partial charge in [0.15, 0.2) is 0 Å². The van der Waals surface area contributed by atoms with Crippen LogP contribution in [-0.4, -0.2) is 30.6 Å². The number of hydrogen-bond acceptors (Lipinski definition) is 2. The Balaban J connectivity index is 2.27. The molecule has 1 unspecified atom stereocenters. The first-order chi connectivity index (χ1) is 7.38. The summed E-state index contributed by atoms with van der Waals surface area (Å²) in [4.78, 5) is 2.64. The highest BCUT2D eigenvalue weighted by Gasteiger charge is 2.17. The zero-order valence-electron chi connectivity index (χ0n) is 10.4. The first kappa shape index (κ1) is 13.0. The summed E-state index contributed by atoms with van der Waals surface area (Å²) in [5.41, 5.74) is 5.90. The zero-order valence-corrected chi connectivity index (χ0v) is 10.4. The van der Waals surface area contributed by atoms with Crippen LogP contribution in [-0.2, 0) is 0 Å². The van der Waals surface area contributed by atoms with Gasteiger partial charge in [0.1, 0.15) is 0 Å². The molecule has 0 saturated carbocycles. The maximum Gasteiger partial charge on any atom is 0.0218 e.